The summed E-state index contributed by atoms with van der Waals surface area (Å²) in [5.41, 5.74) is 3.88. The van der Waals surface area contributed by atoms with Crippen LogP contribution in [0.1, 0.15) is 16.7 Å². The van der Waals surface area contributed by atoms with Crippen molar-refractivity contribution in [1.29, 1.82) is 5.26 Å². The van der Waals surface area contributed by atoms with Gasteiger partial charge in [-0.15, -0.1) is 0 Å². The zero-order chi connectivity index (χ0) is 25.3. The second-order valence-corrected chi connectivity index (χ2v) is 7.99. The third-order valence-corrected chi connectivity index (χ3v) is 5.60. The fraction of sp³-hybridized carbons (Fsp3) is 0.143. The Morgan fingerprint density at radius 2 is 1.97 bits per heavy atom. The van der Waals surface area contributed by atoms with E-state index in [9.17, 15) is 14.4 Å². The summed E-state index contributed by atoms with van der Waals surface area (Å²) in [5, 5.41) is 12.9. The highest BCUT2D eigenvalue weighted by Crippen LogP contribution is 2.32. The number of amides is 1. The summed E-state index contributed by atoms with van der Waals surface area (Å²) in [6, 6.07) is 21.0. The van der Waals surface area contributed by atoms with Crippen LogP contribution >= 0.6 is 0 Å². The number of nitriles is 1. The number of pyridine rings is 2. The molecule has 0 bridgehead atoms. The number of hydrogen-bond donors (Lipinski definition) is 1. The molecule has 0 atom stereocenters. The summed E-state index contributed by atoms with van der Waals surface area (Å²) in [5.74, 6) is 0.771. The van der Waals surface area contributed by atoms with Gasteiger partial charge in [-0.05, 0) is 66.1 Å². The molecule has 0 unspecified atom stereocenters. The van der Waals surface area contributed by atoms with Gasteiger partial charge in [0.1, 0.15) is 11.6 Å². The number of nitrogens with zero attached hydrogens (tertiary/aromatic N) is 4. The first-order valence-corrected chi connectivity index (χ1v) is 11.3. The molecule has 7 nitrogen and oxygen atoms in total. The average molecular weight is 482 g/mol. The van der Waals surface area contributed by atoms with Gasteiger partial charge < -0.3 is 15.0 Å². The maximum absolute atomic E-state index is 13.6. The number of ether oxygens (including phenoxy) is 1. The predicted molar refractivity (Wildman–Crippen MR) is 136 cm³/mol. The maximum atomic E-state index is 13.6. The first-order chi connectivity index (χ1) is 17.6. The number of halogens is 1. The van der Waals surface area contributed by atoms with Gasteiger partial charge in [0.05, 0.1) is 36.7 Å². The number of anilines is 2. The van der Waals surface area contributed by atoms with Crippen molar-refractivity contribution in [3.63, 3.8) is 0 Å². The number of methoxy groups -OCH3 is 1. The van der Waals surface area contributed by atoms with E-state index in [4.69, 9.17) is 9.72 Å². The molecule has 36 heavy (non-hydrogen) atoms. The van der Waals surface area contributed by atoms with Crippen molar-refractivity contribution >= 4 is 17.9 Å². The van der Waals surface area contributed by atoms with Crippen molar-refractivity contribution in [2.75, 3.05) is 23.9 Å². The Morgan fingerprint density at radius 3 is 2.69 bits per heavy atom. The molecule has 0 aliphatic carbocycles. The van der Waals surface area contributed by atoms with Crippen LogP contribution in [0.3, 0.4) is 0 Å². The van der Waals surface area contributed by atoms with Crippen LogP contribution in [0.25, 0.3) is 11.3 Å². The van der Waals surface area contributed by atoms with Crippen LogP contribution in [0.15, 0.2) is 79.1 Å². The topological polar surface area (TPSA) is 91.1 Å². The first kappa shape index (κ1) is 24.4. The quantitative estimate of drug-likeness (QED) is 0.321. The Kier molecular flexibility index (Phi) is 7.83. The summed E-state index contributed by atoms with van der Waals surface area (Å²) in [7, 11) is 1.56. The zero-order valence-corrected chi connectivity index (χ0v) is 19.7. The minimum absolute atomic E-state index is 0.293. The number of hydrogen-bond acceptors (Lipinski definition) is 6. The van der Waals surface area contributed by atoms with E-state index in [1.54, 1.807) is 55.9 Å². The highest BCUT2D eigenvalue weighted by atomic mass is 19.1. The molecule has 2 aromatic heterocycles. The summed E-state index contributed by atoms with van der Waals surface area (Å²) >= 11 is 0. The fourth-order valence-corrected chi connectivity index (χ4v) is 3.81. The molecule has 0 aliphatic rings. The van der Waals surface area contributed by atoms with Crippen LogP contribution in [0.2, 0.25) is 0 Å². The van der Waals surface area contributed by atoms with E-state index in [1.807, 2.05) is 18.2 Å². The van der Waals surface area contributed by atoms with Gasteiger partial charge in [0, 0.05) is 24.5 Å². The Morgan fingerprint density at radius 1 is 1.11 bits per heavy atom. The van der Waals surface area contributed by atoms with Crippen LogP contribution in [-0.2, 0) is 17.8 Å². The molecule has 0 fully saturated rings. The number of benzene rings is 2. The van der Waals surface area contributed by atoms with Crippen molar-refractivity contribution in [1.82, 2.24) is 9.97 Å². The molecule has 180 valence electrons. The molecule has 0 saturated heterocycles. The Balaban J connectivity index is 1.69. The van der Waals surface area contributed by atoms with E-state index in [2.05, 4.69) is 16.4 Å². The van der Waals surface area contributed by atoms with Crippen LogP contribution in [0, 0.1) is 17.1 Å². The van der Waals surface area contributed by atoms with E-state index in [0.717, 1.165) is 17.5 Å². The number of carbonyl (C=O) groups excluding carboxylic acids is 1. The van der Waals surface area contributed by atoms with Gasteiger partial charge in [0.25, 0.3) is 0 Å². The van der Waals surface area contributed by atoms with Gasteiger partial charge in [-0.2, -0.15) is 5.26 Å². The minimum Gasteiger partial charge on any atom is -0.497 e. The third-order valence-electron chi connectivity index (χ3n) is 5.60. The van der Waals surface area contributed by atoms with Gasteiger partial charge in [0.15, 0.2) is 5.82 Å². The van der Waals surface area contributed by atoms with Gasteiger partial charge in [-0.25, -0.2) is 9.37 Å². The molecular weight excluding hydrogens is 457 g/mol. The lowest BCUT2D eigenvalue weighted by Gasteiger charge is -2.22. The second kappa shape index (κ2) is 11.6. The molecule has 1 amide bonds. The molecule has 4 rings (SSSR count). The summed E-state index contributed by atoms with van der Waals surface area (Å²) in [6.45, 7) is 0.759. The number of carbonyl (C=O) groups is 1. The number of aromatic nitrogens is 2. The molecule has 0 aliphatic heterocycles. The number of nitrogens with one attached hydrogen (secondary N) is 1. The van der Waals surface area contributed by atoms with Crippen LogP contribution in [0.5, 0.6) is 5.75 Å². The number of rotatable bonds is 10. The molecule has 4 aromatic rings. The van der Waals surface area contributed by atoms with Crippen LogP contribution in [0.4, 0.5) is 15.9 Å². The second-order valence-electron chi connectivity index (χ2n) is 7.99. The molecule has 0 radical (unpaired) electrons. The maximum Gasteiger partial charge on any atom is 0.214 e. The molecular formula is C28H24FN5O2. The lowest BCUT2D eigenvalue weighted by atomic mass is 10.0. The Labute approximate surface area is 208 Å². The van der Waals surface area contributed by atoms with Gasteiger partial charge in [-0.3, -0.25) is 9.78 Å². The molecule has 2 aromatic carbocycles. The van der Waals surface area contributed by atoms with Crippen LogP contribution < -0.4 is 15.0 Å². The summed E-state index contributed by atoms with van der Waals surface area (Å²) < 4.78 is 18.9. The van der Waals surface area contributed by atoms with Crippen molar-refractivity contribution < 1.29 is 13.9 Å². The lowest BCUT2D eigenvalue weighted by Crippen LogP contribution is -2.23. The van der Waals surface area contributed by atoms with Gasteiger partial charge >= 0.3 is 0 Å². The molecule has 0 spiro atoms. The molecule has 2 heterocycles. The van der Waals surface area contributed by atoms with E-state index >= 15 is 0 Å². The van der Waals surface area contributed by atoms with Gasteiger partial charge in [-0.1, -0.05) is 18.2 Å². The largest absolute Gasteiger partial charge is 0.497 e. The third kappa shape index (κ3) is 5.83. The van der Waals surface area contributed by atoms with Crippen molar-refractivity contribution in [3.05, 3.63) is 102 Å². The summed E-state index contributed by atoms with van der Waals surface area (Å²) in [6.07, 6.45) is 4.67. The van der Waals surface area contributed by atoms with E-state index in [1.165, 1.54) is 17.0 Å². The van der Waals surface area contributed by atoms with E-state index in [0.29, 0.717) is 53.6 Å². The zero-order valence-electron chi connectivity index (χ0n) is 19.7. The Bertz CT molecular complexity index is 1390. The normalized spacial score (nSPS) is 10.4. The van der Waals surface area contributed by atoms with E-state index < -0.39 is 0 Å². The first-order valence-electron chi connectivity index (χ1n) is 11.3. The van der Waals surface area contributed by atoms with Crippen molar-refractivity contribution in [2.45, 2.75) is 13.0 Å². The molecule has 8 heteroatoms. The smallest absolute Gasteiger partial charge is 0.214 e. The standard InChI is InChI=1S/C28H24FN5O2/c1-36-24-8-7-22(16-30)25(15-24)26-9-10-27(34(19-35)18-21-5-3-12-31-17-21)28(33-26)32-13-11-20-4-2-6-23(29)14-20/h2-10,12,14-15,17,19H,11,13,18H2,1H3,(H,32,33). The monoisotopic (exact) mass is 481 g/mol. The van der Waals surface area contributed by atoms with E-state index in [-0.39, 0.29) is 5.82 Å². The lowest BCUT2D eigenvalue weighted by molar-refractivity contribution is -0.107. The van der Waals surface area contributed by atoms with Gasteiger partial charge in [0.2, 0.25) is 6.41 Å². The van der Waals surface area contributed by atoms with Crippen molar-refractivity contribution in [3.8, 4) is 23.1 Å². The predicted octanol–water partition coefficient (Wildman–Crippen LogP) is 4.98. The summed E-state index contributed by atoms with van der Waals surface area (Å²) in [4.78, 5) is 22.5. The fourth-order valence-electron chi connectivity index (χ4n) is 3.81. The minimum atomic E-state index is -0.293. The SMILES string of the molecule is COc1ccc(C#N)c(-c2ccc(N(C=O)Cc3cccnc3)c(NCCc3cccc(F)c3)n2)c1. The van der Waals surface area contributed by atoms with Crippen molar-refractivity contribution in [2.24, 2.45) is 0 Å². The highest BCUT2D eigenvalue weighted by molar-refractivity contribution is 5.84. The Hall–Kier alpha value is -4.77. The highest BCUT2D eigenvalue weighted by Gasteiger charge is 2.16. The average Bonchev–Trinajstić information content (AvgIpc) is 2.92. The molecule has 1 N–H and O–H groups in total. The van der Waals surface area contributed by atoms with Crippen LogP contribution in [-0.4, -0.2) is 30.0 Å². The molecule has 0 saturated carbocycles.